The van der Waals surface area contributed by atoms with Crippen molar-refractivity contribution >= 4 is 18.4 Å². The monoisotopic (exact) mass is 233 g/mol. The van der Waals surface area contributed by atoms with E-state index in [-0.39, 0.29) is 12.4 Å². The fraction of sp³-hybridized carbons (Fsp3) is 0.909. The van der Waals surface area contributed by atoms with Crippen molar-refractivity contribution in [3.05, 3.63) is 0 Å². The zero-order chi connectivity index (χ0) is 10.2. The third-order valence-electron chi connectivity index (χ3n) is 3.85. The Labute approximate surface area is 97.2 Å². The molecule has 2 saturated carbocycles. The molecule has 3 nitrogen and oxygen atoms in total. The van der Waals surface area contributed by atoms with Crippen LogP contribution in [0.1, 0.15) is 44.9 Å². The van der Waals surface area contributed by atoms with Crippen molar-refractivity contribution in [3.63, 3.8) is 0 Å². The number of carbonyl (C=O) groups is 1. The van der Waals surface area contributed by atoms with E-state index >= 15 is 0 Å². The van der Waals surface area contributed by atoms with Crippen LogP contribution in [0.4, 0.5) is 0 Å². The molecule has 2 fully saturated rings. The van der Waals surface area contributed by atoms with E-state index in [4.69, 9.17) is 0 Å². The normalized spacial score (nSPS) is 24.7. The molecule has 0 spiro atoms. The molecule has 0 aliphatic heterocycles. The second-order valence-electron chi connectivity index (χ2n) is 4.74. The smallest absolute Gasteiger partial charge is 0.324 e. The lowest BCUT2D eigenvalue weighted by atomic mass is 9.80. The van der Waals surface area contributed by atoms with E-state index < -0.39 is 11.5 Å². The maximum atomic E-state index is 11.4. The summed E-state index contributed by atoms with van der Waals surface area (Å²) >= 11 is 0. The van der Waals surface area contributed by atoms with Crippen molar-refractivity contribution in [2.75, 3.05) is 7.05 Å². The number of carboxylic acid groups (broad SMARTS) is 1. The van der Waals surface area contributed by atoms with Gasteiger partial charge in [-0.25, -0.2) is 0 Å². The van der Waals surface area contributed by atoms with Crippen LogP contribution in [0.3, 0.4) is 0 Å². The minimum Gasteiger partial charge on any atom is -0.480 e. The van der Waals surface area contributed by atoms with Crippen LogP contribution in [-0.4, -0.2) is 34.6 Å². The molecular formula is C11H20ClNO2. The molecule has 2 rings (SSSR count). The summed E-state index contributed by atoms with van der Waals surface area (Å²) in [6, 6.07) is 0.546. The quantitative estimate of drug-likeness (QED) is 0.813. The number of rotatable bonds is 3. The van der Waals surface area contributed by atoms with E-state index in [1.807, 2.05) is 7.05 Å². The van der Waals surface area contributed by atoms with Gasteiger partial charge in [0.1, 0.15) is 5.54 Å². The molecule has 0 saturated heterocycles. The second-order valence-corrected chi connectivity index (χ2v) is 4.74. The summed E-state index contributed by atoms with van der Waals surface area (Å²) in [5.74, 6) is -0.605. The molecule has 0 aromatic rings. The first-order valence-corrected chi connectivity index (χ1v) is 5.63. The van der Waals surface area contributed by atoms with E-state index in [1.165, 1.54) is 19.3 Å². The summed E-state index contributed by atoms with van der Waals surface area (Å²) in [5.41, 5.74) is -0.528. The van der Waals surface area contributed by atoms with Crippen LogP contribution in [0.25, 0.3) is 0 Å². The SMILES string of the molecule is CN(C1CC1)C1(C(=O)O)CCCCC1.Cl. The third-order valence-corrected chi connectivity index (χ3v) is 3.85. The summed E-state index contributed by atoms with van der Waals surface area (Å²) in [5, 5.41) is 9.39. The molecule has 0 amide bonds. The molecule has 2 aliphatic rings. The summed E-state index contributed by atoms with van der Waals surface area (Å²) in [7, 11) is 2.00. The van der Waals surface area contributed by atoms with Crippen molar-refractivity contribution in [2.24, 2.45) is 0 Å². The average molecular weight is 234 g/mol. The number of carboxylic acids is 1. The van der Waals surface area contributed by atoms with Crippen molar-refractivity contribution < 1.29 is 9.90 Å². The van der Waals surface area contributed by atoms with Gasteiger partial charge in [0.15, 0.2) is 0 Å². The lowest BCUT2D eigenvalue weighted by Crippen LogP contribution is -2.54. The topological polar surface area (TPSA) is 40.5 Å². The molecule has 15 heavy (non-hydrogen) atoms. The zero-order valence-corrected chi connectivity index (χ0v) is 10.1. The average Bonchev–Trinajstić information content (AvgIpc) is 3.01. The lowest BCUT2D eigenvalue weighted by Gasteiger charge is -2.41. The van der Waals surface area contributed by atoms with Gasteiger partial charge in [0, 0.05) is 6.04 Å². The summed E-state index contributed by atoms with van der Waals surface area (Å²) in [6.45, 7) is 0. The summed E-state index contributed by atoms with van der Waals surface area (Å²) in [6.07, 6.45) is 7.40. The van der Waals surface area contributed by atoms with Gasteiger partial charge in [-0.15, -0.1) is 12.4 Å². The fourth-order valence-corrected chi connectivity index (χ4v) is 2.67. The predicted octanol–water partition coefficient (Wildman–Crippen LogP) is 2.29. The number of hydrogen-bond donors (Lipinski definition) is 1. The van der Waals surface area contributed by atoms with Gasteiger partial charge in [0.25, 0.3) is 0 Å². The van der Waals surface area contributed by atoms with Gasteiger partial charge in [-0.3, -0.25) is 9.69 Å². The standard InChI is InChI=1S/C11H19NO2.ClH/c1-12(9-5-6-9)11(10(13)14)7-3-2-4-8-11;/h9H,2-8H2,1H3,(H,13,14);1H. The van der Waals surface area contributed by atoms with Crippen molar-refractivity contribution in [1.29, 1.82) is 0 Å². The number of halogens is 1. The second kappa shape index (κ2) is 4.71. The van der Waals surface area contributed by atoms with Crippen LogP contribution >= 0.6 is 12.4 Å². The molecule has 0 heterocycles. The molecule has 0 radical (unpaired) electrons. The Balaban J connectivity index is 0.00000112. The van der Waals surface area contributed by atoms with Crippen molar-refractivity contribution in [3.8, 4) is 0 Å². The lowest BCUT2D eigenvalue weighted by molar-refractivity contribution is -0.153. The van der Waals surface area contributed by atoms with Crippen LogP contribution < -0.4 is 0 Å². The minimum atomic E-state index is -0.605. The van der Waals surface area contributed by atoms with Gasteiger partial charge in [-0.1, -0.05) is 19.3 Å². The van der Waals surface area contributed by atoms with Crippen LogP contribution in [0.15, 0.2) is 0 Å². The van der Waals surface area contributed by atoms with Crippen molar-refractivity contribution in [2.45, 2.75) is 56.5 Å². The van der Waals surface area contributed by atoms with E-state index in [0.29, 0.717) is 6.04 Å². The Morgan fingerprint density at radius 2 is 1.80 bits per heavy atom. The van der Waals surface area contributed by atoms with Gasteiger partial charge in [0.2, 0.25) is 0 Å². The Hall–Kier alpha value is -0.280. The van der Waals surface area contributed by atoms with Crippen LogP contribution in [0.5, 0.6) is 0 Å². The van der Waals surface area contributed by atoms with Gasteiger partial charge in [-0.05, 0) is 32.7 Å². The minimum absolute atomic E-state index is 0. The maximum absolute atomic E-state index is 11.4. The molecule has 0 aromatic heterocycles. The predicted molar refractivity (Wildman–Crippen MR) is 61.5 cm³/mol. The molecule has 0 bridgehead atoms. The maximum Gasteiger partial charge on any atom is 0.324 e. The Morgan fingerprint density at radius 1 is 1.27 bits per heavy atom. The Morgan fingerprint density at radius 3 is 2.20 bits per heavy atom. The molecule has 0 unspecified atom stereocenters. The van der Waals surface area contributed by atoms with E-state index in [0.717, 1.165) is 25.7 Å². The first-order chi connectivity index (χ1) is 6.67. The van der Waals surface area contributed by atoms with Gasteiger partial charge in [0.05, 0.1) is 0 Å². The van der Waals surface area contributed by atoms with Crippen molar-refractivity contribution in [1.82, 2.24) is 4.90 Å². The van der Waals surface area contributed by atoms with E-state index in [2.05, 4.69) is 4.90 Å². The number of likely N-dealkylation sites (N-methyl/N-ethyl adjacent to an activating group) is 1. The fourth-order valence-electron chi connectivity index (χ4n) is 2.67. The Kier molecular flexibility index (Phi) is 4.01. The highest BCUT2D eigenvalue weighted by Gasteiger charge is 2.47. The molecule has 1 N–H and O–H groups in total. The van der Waals surface area contributed by atoms with Gasteiger partial charge in [-0.2, -0.15) is 0 Å². The number of nitrogens with zero attached hydrogens (tertiary/aromatic N) is 1. The zero-order valence-electron chi connectivity index (χ0n) is 9.24. The molecule has 0 aromatic carbocycles. The molecule has 88 valence electrons. The number of aliphatic carboxylic acids is 1. The van der Waals surface area contributed by atoms with E-state index in [9.17, 15) is 9.90 Å². The number of hydrogen-bond acceptors (Lipinski definition) is 2. The molecule has 0 atom stereocenters. The van der Waals surface area contributed by atoms with Crippen LogP contribution in [0.2, 0.25) is 0 Å². The summed E-state index contributed by atoms with van der Waals surface area (Å²) < 4.78 is 0. The van der Waals surface area contributed by atoms with Gasteiger partial charge < -0.3 is 5.11 Å². The first kappa shape index (κ1) is 12.8. The van der Waals surface area contributed by atoms with Crippen LogP contribution in [-0.2, 0) is 4.79 Å². The molecular weight excluding hydrogens is 214 g/mol. The third kappa shape index (κ3) is 2.28. The highest BCUT2D eigenvalue weighted by Crippen LogP contribution is 2.39. The Bertz CT molecular complexity index is 235. The molecule has 4 heteroatoms. The van der Waals surface area contributed by atoms with E-state index in [1.54, 1.807) is 0 Å². The highest BCUT2D eigenvalue weighted by atomic mass is 35.5. The molecule has 2 aliphatic carbocycles. The van der Waals surface area contributed by atoms with Crippen LogP contribution in [0, 0.1) is 0 Å². The highest BCUT2D eigenvalue weighted by molar-refractivity contribution is 5.85. The first-order valence-electron chi connectivity index (χ1n) is 5.63. The largest absolute Gasteiger partial charge is 0.480 e. The summed E-state index contributed by atoms with van der Waals surface area (Å²) in [4.78, 5) is 13.5. The van der Waals surface area contributed by atoms with Gasteiger partial charge >= 0.3 is 5.97 Å².